The summed E-state index contributed by atoms with van der Waals surface area (Å²) in [5.74, 6) is -0.779. The lowest BCUT2D eigenvalue weighted by Crippen LogP contribution is -2.43. The maximum atomic E-state index is 12.6. The highest BCUT2D eigenvalue weighted by molar-refractivity contribution is 6.05. The number of hydrogen-bond donors (Lipinski definition) is 2. The summed E-state index contributed by atoms with van der Waals surface area (Å²) < 4.78 is 37.8. The van der Waals surface area contributed by atoms with Gasteiger partial charge in [0.25, 0.3) is 5.91 Å². The van der Waals surface area contributed by atoms with E-state index in [9.17, 15) is 18.0 Å². The molecule has 0 unspecified atom stereocenters. The first-order valence-electron chi connectivity index (χ1n) is 6.30. The average molecular weight is 300 g/mol. The second-order valence-corrected chi connectivity index (χ2v) is 5.02. The highest BCUT2D eigenvalue weighted by atomic mass is 19.4. The first kappa shape index (κ1) is 15.1. The van der Waals surface area contributed by atoms with Crippen molar-refractivity contribution < 1.29 is 18.0 Å². The van der Waals surface area contributed by atoms with Gasteiger partial charge in [-0.3, -0.25) is 9.89 Å². The molecule has 114 valence electrons. The number of fused-ring (bicyclic) bond motifs is 1. The number of halogens is 3. The van der Waals surface area contributed by atoms with E-state index in [1.807, 2.05) is 0 Å². The van der Waals surface area contributed by atoms with E-state index in [1.165, 1.54) is 19.9 Å². The Morgan fingerprint density at radius 1 is 1.43 bits per heavy atom. The lowest BCUT2D eigenvalue weighted by molar-refractivity contribution is -0.143. The summed E-state index contributed by atoms with van der Waals surface area (Å²) in [6.45, 7) is 1.72. The molecular formula is C13H15F3N4O. The van der Waals surface area contributed by atoms with Crippen molar-refractivity contribution in [3.8, 4) is 0 Å². The van der Waals surface area contributed by atoms with E-state index in [4.69, 9.17) is 5.73 Å². The number of carbonyl (C=O) groups is 1. The molecule has 0 aliphatic rings. The van der Waals surface area contributed by atoms with Crippen LogP contribution in [-0.2, 0) is 0 Å². The van der Waals surface area contributed by atoms with Crippen LogP contribution < -0.4 is 5.73 Å². The van der Waals surface area contributed by atoms with Crippen molar-refractivity contribution >= 4 is 22.5 Å². The minimum absolute atomic E-state index is 0.0600. The maximum Gasteiger partial charge on any atom is 0.406 e. The summed E-state index contributed by atoms with van der Waals surface area (Å²) in [5, 5.41) is 6.86. The largest absolute Gasteiger partial charge is 0.406 e. The normalized spacial score (nSPS) is 12.1. The lowest BCUT2D eigenvalue weighted by atomic mass is 10.1. The molecule has 0 spiro atoms. The van der Waals surface area contributed by atoms with Gasteiger partial charge in [-0.25, -0.2) is 0 Å². The Morgan fingerprint density at radius 2 is 2.10 bits per heavy atom. The van der Waals surface area contributed by atoms with Crippen molar-refractivity contribution in [3.05, 3.63) is 23.9 Å². The summed E-state index contributed by atoms with van der Waals surface area (Å²) in [6.07, 6.45) is -4.47. The number of rotatable bonds is 3. The molecule has 3 N–H and O–H groups in total. The predicted octanol–water partition coefficient (Wildman–Crippen LogP) is 2.56. The second kappa shape index (κ2) is 5.27. The van der Waals surface area contributed by atoms with Gasteiger partial charge in [0, 0.05) is 17.1 Å². The Morgan fingerprint density at radius 3 is 2.67 bits per heavy atom. The van der Waals surface area contributed by atoms with Crippen molar-refractivity contribution in [1.29, 1.82) is 0 Å². The van der Waals surface area contributed by atoms with E-state index < -0.39 is 24.7 Å². The number of nitrogen functional groups attached to an aromatic ring is 1. The first-order valence-corrected chi connectivity index (χ1v) is 6.30. The molecule has 0 aliphatic carbocycles. The Labute approximate surface area is 118 Å². The molecule has 1 heterocycles. The van der Waals surface area contributed by atoms with Crippen molar-refractivity contribution in [3.63, 3.8) is 0 Å². The minimum atomic E-state index is -4.47. The fourth-order valence-electron chi connectivity index (χ4n) is 2.01. The fourth-order valence-corrected chi connectivity index (χ4v) is 2.01. The Kier molecular flexibility index (Phi) is 3.80. The van der Waals surface area contributed by atoms with Gasteiger partial charge in [-0.05, 0) is 32.0 Å². The van der Waals surface area contributed by atoms with Crippen molar-refractivity contribution in [1.82, 2.24) is 15.1 Å². The molecule has 0 fully saturated rings. The molecule has 0 saturated carbocycles. The van der Waals surface area contributed by atoms with Crippen LogP contribution in [-0.4, -0.2) is 39.8 Å². The highest BCUT2D eigenvalue weighted by Crippen LogP contribution is 2.23. The Hall–Kier alpha value is -2.25. The molecule has 0 atom stereocenters. The first-order chi connectivity index (χ1) is 9.69. The number of nitrogens with two attached hydrogens (primary N) is 1. The number of anilines is 1. The van der Waals surface area contributed by atoms with Crippen molar-refractivity contribution in [2.75, 3.05) is 12.3 Å². The predicted molar refractivity (Wildman–Crippen MR) is 72.7 cm³/mol. The molecule has 0 aliphatic heterocycles. The maximum absolute atomic E-state index is 12.6. The van der Waals surface area contributed by atoms with E-state index in [-0.39, 0.29) is 5.69 Å². The topological polar surface area (TPSA) is 75.0 Å². The molecule has 2 rings (SSSR count). The summed E-state index contributed by atoms with van der Waals surface area (Å²) in [6, 6.07) is 4.15. The second-order valence-electron chi connectivity index (χ2n) is 5.02. The quantitative estimate of drug-likeness (QED) is 0.855. The molecule has 1 amide bonds. The molecule has 1 aromatic heterocycles. The van der Waals surface area contributed by atoms with Crippen LogP contribution >= 0.6 is 0 Å². The summed E-state index contributed by atoms with van der Waals surface area (Å²) in [7, 11) is 0. The van der Waals surface area contributed by atoms with Crippen LogP contribution in [0, 0.1) is 0 Å². The van der Waals surface area contributed by atoms with Gasteiger partial charge < -0.3 is 10.6 Å². The zero-order chi connectivity index (χ0) is 15.8. The van der Waals surface area contributed by atoms with Crippen molar-refractivity contribution in [2.24, 2.45) is 0 Å². The summed E-state index contributed by atoms with van der Waals surface area (Å²) in [4.78, 5) is 13.1. The lowest BCUT2D eigenvalue weighted by Gasteiger charge is -2.27. The third kappa shape index (κ3) is 3.26. The van der Waals surface area contributed by atoms with Gasteiger partial charge in [0.15, 0.2) is 5.69 Å². The van der Waals surface area contributed by atoms with Crippen LogP contribution in [0.15, 0.2) is 18.2 Å². The molecule has 0 saturated heterocycles. The smallest absolute Gasteiger partial charge is 0.399 e. The number of nitrogens with one attached hydrogen (secondary N) is 1. The van der Waals surface area contributed by atoms with Gasteiger partial charge in [0.1, 0.15) is 6.54 Å². The molecule has 1 aromatic carbocycles. The molecular weight excluding hydrogens is 285 g/mol. The number of amides is 1. The number of carbonyl (C=O) groups excluding carboxylic acids is 1. The minimum Gasteiger partial charge on any atom is -0.399 e. The van der Waals surface area contributed by atoms with E-state index >= 15 is 0 Å². The zero-order valence-electron chi connectivity index (χ0n) is 11.5. The van der Waals surface area contributed by atoms with E-state index in [0.29, 0.717) is 16.6 Å². The molecule has 2 aromatic rings. The summed E-state index contributed by atoms with van der Waals surface area (Å²) in [5.41, 5.74) is 6.54. The van der Waals surface area contributed by atoms with Gasteiger partial charge in [0.05, 0.1) is 5.52 Å². The monoisotopic (exact) mass is 300 g/mol. The molecule has 21 heavy (non-hydrogen) atoms. The SMILES string of the molecule is CC(C)N(CC(F)(F)F)C(=O)c1n[nH]c2ccc(N)cc12. The number of H-pyrrole nitrogens is 1. The molecule has 0 radical (unpaired) electrons. The number of benzene rings is 1. The average Bonchev–Trinajstić information content (AvgIpc) is 2.76. The number of nitrogens with zero attached hydrogens (tertiary/aromatic N) is 2. The number of aromatic nitrogens is 2. The number of aromatic amines is 1. The van der Waals surface area contributed by atoms with Crippen LogP contribution in [0.1, 0.15) is 24.3 Å². The fraction of sp³-hybridized carbons (Fsp3) is 0.385. The highest BCUT2D eigenvalue weighted by Gasteiger charge is 2.35. The number of alkyl halides is 3. The third-order valence-electron chi connectivity index (χ3n) is 3.02. The Balaban J connectivity index is 2.41. The van der Waals surface area contributed by atoms with Gasteiger partial charge in [-0.2, -0.15) is 18.3 Å². The van der Waals surface area contributed by atoms with E-state index in [1.54, 1.807) is 12.1 Å². The van der Waals surface area contributed by atoms with Gasteiger partial charge >= 0.3 is 6.18 Å². The van der Waals surface area contributed by atoms with E-state index in [0.717, 1.165) is 4.90 Å². The number of hydrogen-bond acceptors (Lipinski definition) is 3. The molecule has 5 nitrogen and oxygen atoms in total. The summed E-state index contributed by atoms with van der Waals surface area (Å²) >= 11 is 0. The van der Waals surface area contributed by atoms with Gasteiger partial charge in [-0.15, -0.1) is 0 Å². The van der Waals surface area contributed by atoms with Crippen LogP contribution in [0.2, 0.25) is 0 Å². The molecule has 8 heteroatoms. The van der Waals surface area contributed by atoms with Gasteiger partial charge in [0.2, 0.25) is 0 Å². The van der Waals surface area contributed by atoms with Crippen LogP contribution in [0.5, 0.6) is 0 Å². The van der Waals surface area contributed by atoms with Crippen LogP contribution in [0.25, 0.3) is 10.9 Å². The zero-order valence-corrected chi connectivity index (χ0v) is 11.5. The Bertz CT molecular complexity index is 663. The standard InChI is InChI=1S/C13H15F3N4O/c1-7(2)20(6-13(14,15)16)12(21)11-9-5-8(17)3-4-10(9)18-19-11/h3-5,7H,6,17H2,1-2H3,(H,18,19). The van der Waals surface area contributed by atoms with Crippen molar-refractivity contribution in [2.45, 2.75) is 26.1 Å². The van der Waals surface area contributed by atoms with Crippen LogP contribution in [0.3, 0.4) is 0 Å². The molecule has 0 bridgehead atoms. The van der Waals surface area contributed by atoms with Gasteiger partial charge in [-0.1, -0.05) is 0 Å². The van der Waals surface area contributed by atoms with E-state index in [2.05, 4.69) is 10.2 Å². The third-order valence-corrected chi connectivity index (χ3v) is 3.02. The van der Waals surface area contributed by atoms with Crippen LogP contribution in [0.4, 0.5) is 18.9 Å².